The lowest BCUT2D eigenvalue weighted by molar-refractivity contribution is 0.374. The van der Waals surface area contributed by atoms with Gasteiger partial charge in [-0.2, -0.15) is 16.7 Å². The summed E-state index contributed by atoms with van der Waals surface area (Å²) in [7, 11) is 0. The second kappa shape index (κ2) is 11.3. The molecular weight excluding hydrogens is 377 g/mol. The Morgan fingerprint density at radius 2 is 2.21 bits per heavy atom. The van der Waals surface area contributed by atoms with Crippen LogP contribution in [0.3, 0.4) is 0 Å². The summed E-state index contributed by atoms with van der Waals surface area (Å²) in [5.74, 6) is 3.19. The number of aromatic nitrogens is 2. The molecule has 1 heterocycles. The highest BCUT2D eigenvalue weighted by Gasteiger charge is 2.02. The summed E-state index contributed by atoms with van der Waals surface area (Å²) >= 11 is 1.79. The second-order valence-corrected chi connectivity index (χ2v) is 4.65. The minimum atomic E-state index is 0. The van der Waals surface area contributed by atoms with Crippen LogP contribution in [0.1, 0.15) is 18.6 Å². The van der Waals surface area contributed by atoms with Crippen LogP contribution in [0.2, 0.25) is 0 Å². The van der Waals surface area contributed by atoms with Crippen LogP contribution in [0.25, 0.3) is 0 Å². The first-order chi connectivity index (χ1) is 8.76. The number of nitrogens with zero attached hydrogens (tertiary/aromatic N) is 3. The summed E-state index contributed by atoms with van der Waals surface area (Å²) in [5, 5.41) is 10.2. The number of aliphatic imine (C=N–C) groups is 1. The molecule has 1 aromatic rings. The minimum absolute atomic E-state index is 0. The van der Waals surface area contributed by atoms with Gasteiger partial charge in [0.1, 0.15) is 0 Å². The van der Waals surface area contributed by atoms with Crippen molar-refractivity contribution in [3.8, 4) is 0 Å². The summed E-state index contributed by atoms with van der Waals surface area (Å²) in [4.78, 5) is 8.59. The number of hydrogen-bond acceptors (Lipinski definition) is 5. The molecule has 0 amide bonds. The number of rotatable bonds is 7. The molecule has 1 aromatic heterocycles. The Hall–Kier alpha value is -0.510. The maximum Gasteiger partial charge on any atom is 0.228 e. The van der Waals surface area contributed by atoms with Gasteiger partial charge >= 0.3 is 0 Å². The lowest BCUT2D eigenvalue weighted by Gasteiger charge is -2.09. The van der Waals surface area contributed by atoms with Crippen molar-refractivity contribution in [1.82, 2.24) is 20.8 Å². The molecule has 2 N–H and O–H groups in total. The van der Waals surface area contributed by atoms with Gasteiger partial charge in [-0.1, -0.05) is 5.16 Å². The van der Waals surface area contributed by atoms with E-state index < -0.39 is 0 Å². The van der Waals surface area contributed by atoms with Crippen LogP contribution >= 0.6 is 35.7 Å². The first kappa shape index (κ1) is 18.5. The van der Waals surface area contributed by atoms with Crippen molar-refractivity contribution in [1.29, 1.82) is 0 Å². The molecule has 0 atom stereocenters. The second-order valence-electron chi connectivity index (χ2n) is 3.67. The highest BCUT2D eigenvalue weighted by molar-refractivity contribution is 14.0. The topological polar surface area (TPSA) is 75.3 Å². The molecule has 0 aromatic carbocycles. The lowest BCUT2D eigenvalue weighted by atomic mass is 10.4. The molecular formula is C11H22IN5OS. The van der Waals surface area contributed by atoms with Gasteiger partial charge in [0.25, 0.3) is 0 Å². The van der Waals surface area contributed by atoms with Crippen molar-refractivity contribution in [3.05, 3.63) is 11.7 Å². The minimum Gasteiger partial charge on any atom is -0.357 e. The maximum atomic E-state index is 5.04. The summed E-state index contributed by atoms with van der Waals surface area (Å²) < 4.78 is 5.04. The number of guanidine groups is 1. The quantitative estimate of drug-likeness (QED) is 0.313. The van der Waals surface area contributed by atoms with Crippen LogP contribution in [-0.4, -0.2) is 47.7 Å². The van der Waals surface area contributed by atoms with Crippen molar-refractivity contribution in [2.75, 3.05) is 31.6 Å². The van der Waals surface area contributed by atoms with Crippen molar-refractivity contribution in [2.45, 2.75) is 20.3 Å². The molecule has 0 fully saturated rings. The van der Waals surface area contributed by atoms with Gasteiger partial charge in [0, 0.05) is 25.3 Å². The summed E-state index contributed by atoms with van der Waals surface area (Å²) in [6, 6.07) is 0. The first-order valence-electron chi connectivity index (χ1n) is 6.06. The van der Waals surface area contributed by atoms with Gasteiger partial charge in [-0.3, -0.25) is 4.99 Å². The Bertz CT molecular complexity index is 372. The molecule has 0 spiro atoms. The molecule has 0 saturated carbocycles. The van der Waals surface area contributed by atoms with Crippen LogP contribution in [0.15, 0.2) is 9.52 Å². The van der Waals surface area contributed by atoms with E-state index in [-0.39, 0.29) is 24.0 Å². The van der Waals surface area contributed by atoms with Gasteiger partial charge in [-0.25, -0.2) is 0 Å². The zero-order valence-corrected chi connectivity index (χ0v) is 14.7. The standard InChI is InChI=1S/C11H21N5OS.HI/c1-4-12-11(14-7-8-18-3)13-6-5-10-15-9(2)16-17-10;/h4-8H2,1-3H3,(H2,12,13,14);1H. The SMILES string of the molecule is CCNC(=NCCSC)NCCc1nc(C)no1.I. The molecule has 0 aliphatic carbocycles. The molecule has 0 unspecified atom stereocenters. The van der Waals surface area contributed by atoms with Crippen molar-refractivity contribution >= 4 is 41.7 Å². The normalized spacial score (nSPS) is 11.0. The van der Waals surface area contributed by atoms with Gasteiger partial charge < -0.3 is 15.2 Å². The van der Waals surface area contributed by atoms with Gasteiger partial charge in [0.05, 0.1) is 6.54 Å². The fraction of sp³-hybridized carbons (Fsp3) is 0.727. The monoisotopic (exact) mass is 399 g/mol. The highest BCUT2D eigenvalue weighted by atomic mass is 127. The number of nitrogens with one attached hydrogen (secondary N) is 2. The van der Waals surface area contributed by atoms with Crippen molar-refractivity contribution in [3.63, 3.8) is 0 Å². The average Bonchev–Trinajstić information content (AvgIpc) is 2.75. The van der Waals surface area contributed by atoms with Crippen molar-refractivity contribution in [2.24, 2.45) is 4.99 Å². The molecule has 0 radical (unpaired) electrons. The summed E-state index contributed by atoms with van der Waals surface area (Å²) in [5.41, 5.74) is 0. The third kappa shape index (κ3) is 8.30. The first-order valence-corrected chi connectivity index (χ1v) is 7.46. The Labute approximate surface area is 135 Å². The van der Waals surface area contributed by atoms with Gasteiger partial charge in [-0.15, -0.1) is 24.0 Å². The largest absolute Gasteiger partial charge is 0.357 e. The van der Waals surface area contributed by atoms with Crippen LogP contribution in [0.4, 0.5) is 0 Å². The molecule has 1 rings (SSSR count). The molecule has 0 aliphatic rings. The van der Waals surface area contributed by atoms with Crippen LogP contribution in [0.5, 0.6) is 0 Å². The summed E-state index contributed by atoms with van der Waals surface area (Å²) in [6.07, 6.45) is 2.78. The van der Waals surface area contributed by atoms with E-state index in [4.69, 9.17) is 4.52 Å². The molecule has 110 valence electrons. The zero-order chi connectivity index (χ0) is 13.2. The molecule has 8 heteroatoms. The van der Waals surface area contributed by atoms with E-state index in [1.165, 1.54) is 0 Å². The predicted octanol–water partition coefficient (Wildman–Crippen LogP) is 1.46. The van der Waals surface area contributed by atoms with E-state index in [1.807, 2.05) is 13.8 Å². The number of halogens is 1. The Morgan fingerprint density at radius 1 is 1.42 bits per heavy atom. The van der Waals surface area contributed by atoms with E-state index in [0.717, 1.165) is 31.3 Å². The fourth-order valence-corrected chi connectivity index (χ4v) is 1.59. The summed E-state index contributed by atoms with van der Waals surface area (Å²) in [6.45, 7) is 6.26. The Balaban J connectivity index is 0.00000324. The van der Waals surface area contributed by atoms with E-state index in [1.54, 1.807) is 11.8 Å². The van der Waals surface area contributed by atoms with Crippen LogP contribution < -0.4 is 10.6 Å². The van der Waals surface area contributed by atoms with Crippen LogP contribution in [0, 0.1) is 6.92 Å². The smallest absolute Gasteiger partial charge is 0.228 e. The highest BCUT2D eigenvalue weighted by Crippen LogP contribution is 1.95. The maximum absolute atomic E-state index is 5.04. The number of thioether (sulfide) groups is 1. The van der Waals surface area contributed by atoms with Crippen LogP contribution in [-0.2, 0) is 6.42 Å². The third-order valence-electron chi connectivity index (χ3n) is 2.11. The Morgan fingerprint density at radius 3 is 2.79 bits per heavy atom. The lowest BCUT2D eigenvalue weighted by Crippen LogP contribution is -2.38. The van der Waals surface area contributed by atoms with E-state index in [0.29, 0.717) is 18.1 Å². The Kier molecular flexibility index (Phi) is 11.0. The number of aryl methyl sites for hydroxylation is 1. The molecule has 0 bridgehead atoms. The van der Waals surface area contributed by atoms with E-state index >= 15 is 0 Å². The molecule has 19 heavy (non-hydrogen) atoms. The fourth-order valence-electron chi connectivity index (χ4n) is 1.32. The average molecular weight is 399 g/mol. The number of hydrogen-bond donors (Lipinski definition) is 2. The molecule has 0 aliphatic heterocycles. The van der Waals surface area contributed by atoms with Gasteiger partial charge in [-0.05, 0) is 20.1 Å². The van der Waals surface area contributed by atoms with E-state index in [2.05, 4.69) is 32.0 Å². The van der Waals surface area contributed by atoms with Gasteiger partial charge in [0.2, 0.25) is 5.89 Å². The third-order valence-corrected chi connectivity index (χ3v) is 2.70. The molecule has 6 nitrogen and oxygen atoms in total. The zero-order valence-electron chi connectivity index (χ0n) is 11.6. The van der Waals surface area contributed by atoms with Gasteiger partial charge in [0.15, 0.2) is 11.8 Å². The predicted molar refractivity (Wildman–Crippen MR) is 90.5 cm³/mol. The van der Waals surface area contributed by atoms with E-state index in [9.17, 15) is 0 Å². The molecule has 0 saturated heterocycles. The van der Waals surface area contributed by atoms with Crippen molar-refractivity contribution < 1.29 is 4.52 Å².